The minimum absolute atomic E-state index is 0.787. The molecule has 0 fully saturated rings. The summed E-state index contributed by atoms with van der Waals surface area (Å²) < 4.78 is 5.76. The van der Waals surface area contributed by atoms with Gasteiger partial charge in [0.25, 0.3) is 0 Å². The first kappa shape index (κ1) is 16.3. The quantitative estimate of drug-likeness (QED) is 0.574. The van der Waals surface area contributed by atoms with Crippen molar-refractivity contribution in [3.63, 3.8) is 0 Å². The largest absolute Gasteiger partial charge is 0.494 e. The van der Waals surface area contributed by atoms with Crippen LogP contribution in [0.4, 0.5) is 0 Å². The summed E-state index contributed by atoms with van der Waals surface area (Å²) in [6, 6.07) is 16.6. The van der Waals surface area contributed by atoms with Crippen LogP contribution in [0.15, 0.2) is 54.7 Å². The molecule has 0 radical (unpaired) electrons. The number of aromatic amines is 1. The average Bonchev–Trinajstić information content (AvgIpc) is 3.10. The van der Waals surface area contributed by atoms with E-state index in [9.17, 15) is 0 Å². The van der Waals surface area contributed by atoms with E-state index in [0.29, 0.717) is 0 Å². The van der Waals surface area contributed by atoms with Crippen LogP contribution in [0.3, 0.4) is 0 Å². The number of hydrogen-bond donors (Lipinski definition) is 1. The van der Waals surface area contributed by atoms with Gasteiger partial charge >= 0.3 is 0 Å². The molecule has 1 N–H and O–H groups in total. The highest BCUT2D eigenvalue weighted by Gasteiger charge is 2.05. The van der Waals surface area contributed by atoms with Gasteiger partial charge < -0.3 is 9.72 Å². The van der Waals surface area contributed by atoms with E-state index in [1.165, 1.54) is 18.4 Å². The number of imidazole rings is 1. The summed E-state index contributed by atoms with van der Waals surface area (Å²) in [6.45, 7) is 5.07. The highest BCUT2D eigenvalue weighted by molar-refractivity contribution is 5.65. The lowest BCUT2D eigenvalue weighted by Gasteiger charge is -2.06. The van der Waals surface area contributed by atoms with Crippen LogP contribution in [0.2, 0.25) is 0 Å². The Bertz CT molecular complexity index is 757. The molecule has 0 bridgehead atoms. The Morgan fingerprint density at radius 1 is 0.917 bits per heavy atom. The number of hydrogen-bond acceptors (Lipinski definition) is 2. The van der Waals surface area contributed by atoms with Gasteiger partial charge in [0, 0.05) is 5.56 Å². The maximum absolute atomic E-state index is 5.76. The topological polar surface area (TPSA) is 37.9 Å². The number of benzene rings is 2. The molecule has 0 unspecified atom stereocenters. The van der Waals surface area contributed by atoms with Gasteiger partial charge in [-0.2, -0.15) is 0 Å². The van der Waals surface area contributed by atoms with Gasteiger partial charge in [0.2, 0.25) is 0 Å². The van der Waals surface area contributed by atoms with E-state index < -0.39 is 0 Å². The zero-order valence-corrected chi connectivity index (χ0v) is 14.4. The summed E-state index contributed by atoms with van der Waals surface area (Å²) >= 11 is 0. The fourth-order valence-electron chi connectivity index (χ4n) is 2.60. The number of nitrogens with one attached hydrogen (secondary N) is 1. The molecular formula is C21H24N2O. The molecule has 1 aromatic heterocycles. The fourth-order valence-corrected chi connectivity index (χ4v) is 2.60. The fraction of sp³-hybridized carbons (Fsp3) is 0.286. The average molecular weight is 320 g/mol. The van der Waals surface area contributed by atoms with Gasteiger partial charge in [-0.15, -0.1) is 0 Å². The Morgan fingerprint density at radius 3 is 2.33 bits per heavy atom. The summed E-state index contributed by atoms with van der Waals surface area (Å²) in [5.74, 6) is 1.82. The van der Waals surface area contributed by atoms with Crippen LogP contribution in [0, 0.1) is 6.92 Å². The first-order valence-corrected chi connectivity index (χ1v) is 8.61. The summed E-state index contributed by atoms with van der Waals surface area (Å²) in [5.41, 5.74) is 4.48. The minimum Gasteiger partial charge on any atom is -0.494 e. The Hall–Kier alpha value is -2.55. The van der Waals surface area contributed by atoms with Crippen LogP contribution in [0.25, 0.3) is 22.6 Å². The maximum Gasteiger partial charge on any atom is 0.137 e. The van der Waals surface area contributed by atoms with Crippen molar-refractivity contribution in [2.45, 2.75) is 33.1 Å². The van der Waals surface area contributed by atoms with Crippen molar-refractivity contribution in [1.82, 2.24) is 9.97 Å². The third kappa shape index (κ3) is 4.05. The zero-order chi connectivity index (χ0) is 16.8. The third-order valence-electron chi connectivity index (χ3n) is 4.08. The van der Waals surface area contributed by atoms with E-state index in [0.717, 1.165) is 41.4 Å². The molecule has 0 aliphatic heterocycles. The Morgan fingerprint density at radius 2 is 1.62 bits per heavy atom. The monoisotopic (exact) mass is 320 g/mol. The molecule has 3 heteroatoms. The second-order valence-corrected chi connectivity index (χ2v) is 6.09. The molecule has 0 aliphatic carbocycles. The highest BCUT2D eigenvalue weighted by atomic mass is 16.5. The van der Waals surface area contributed by atoms with Crippen LogP contribution in [-0.4, -0.2) is 16.6 Å². The van der Waals surface area contributed by atoms with E-state index in [-0.39, 0.29) is 0 Å². The number of H-pyrrole nitrogens is 1. The van der Waals surface area contributed by atoms with Gasteiger partial charge in [-0.05, 0) is 43.2 Å². The summed E-state index contributed by atoms with van der Waals surface area (Å²) in [5, 5.41) is 0. The molecule has 24 heavy (non-hydrogen) atoms. The molecule has 0 aliphatic rings. The summed E-state index contributed by atoms with van der Waals surface area (Å²) in [4.78, 5) is 7.89. The number of aromatic nitrogens is 2. The molecule has 0 spiro atoms. The van der Waals surface area contributed by atoms with E-state index in [4.69, 9.17) is 4.74 Å². The molecular weight excluding hydrogens is 296 g/mol. The lowest BCUT2D eigenvalue weighted by molar-refractivity contribution is 0.306. The van der Waals surface area contributed by atoms with Crippen molar-refractivity contribution in [3.8, 4) is 28.4 Å². The number of rotatable bonds is 7. The number of aryl methyl sites for hydroxylation is 1. The van der Waals surface area contributed by atoms with Crippen LogP contribution in [0.5, 0.6) is 5.75 Å². The zero-order valence-electron chi connectivity index (χ0n) is 14.4. The van der Waals surface area contributed by atoms with Crippen molar-refractivity contribution in [2.24, 2.45) is 0 Å². The molecule has 0 amide bonds. The first-order valence-electron chi connectivity index (χ1n) is 8.61. The van der Waals surface area contributed by atoms with Gasteiger partial charge in [0.15, 0.2) is 0 Å². The van der Waals surface area contributed by atoms with Gasteiger partial charge in [0.05, 0.1) is 18.5 Å². The minimum atomic E-state index is 0.787. The molecule has 3 rings (SSSR count). The van der Waals surface area contributed by atoms with E-state index in [2.05, 4.69) is 60.2 Å². The lowest BCUT2D eigenvalue weighted by atomic mass is 10.1. The van der Waals surface area contributed by atoms with Gasteiger partial charge in [0.1, 0.15) is 11.6 Å². The second-order valence-electron chi connectivity index (χ2n) is 6.09. The van der Waals surface area contributed by atoms with Crippen LogP contribution < -0.4 is 4.74 Å². The van der Waals surface area contributed by atoms with Gasteiger partial charge in [-0.1, -0.05) is 49.6 Å². The second kappa shape index (κ2) is 7.82. The van der Waals surface area contributed by atoms with Crippen LogP contribution in [-0.2, 0) is 0 Å². The lowest BCUT2D eigenvalue weighted by Crippen LogP contribution is -1.96. The predicted molar refractivity (Wildman–Crippen MR) is 99.2 cm³/mol. The molecule has 124 valence electrons. The van der Waals surface area contributed by atoms with E-state index >= 15 is 0 Å². The molecule has 0 atom stereocenters. The van der Waals surface area contributed by atoms with Crippen molar-refractivity contribution < 1.29 is 4.74 Å². The Kier molecular flexibility index (Phi) is 5.32. The number of unbranched alkanes of at least 4 members (excludes halogenated alkanes) is 2. The number of nitrogens with zero attached hydrogens (tertiary/aromatic N) is 1. The SMILES string of the molecule is CCCCCOc1ccc(-c2cnc(-c3ccc(C)cc3)[nH]2)cc1. The first-order chi connectivity index (χ1) is 11.8. The van der Waals surface area contributed by atoms with Crippen molar-refractivity contribution >= 4 is 0 Å². The Balaban J connectivity index is 1.67. The van der Waals surface area contributed by atoms with Crippen molar-refractivity contribution in [3.05, 3.63) is 60.3 Å². The molecule has 0 saturated carbocycles. The van der Waals surface area contributed by atoms with Crippen LogP contribution in [0.1, 0.15) is 31.7 Å². The normalized spacial score (nSPS) is 10.8. The molecule has 1 heterocycles. The summed E-state index contributed by atoms with van der Waals surface area (Å²) in [7, 11) is 0. The van der Waals surface area contributed by atoms with Gasteiger partial charge in [-0.3, -0.25) is 0 Å². The van der Waals surface area contributed by atoms with Crippen molar-refractivity contribution in [2.75, 3.05) is 6.61 Å². The Labute approximate surface area is 143 Å². The van der Waals surface area contributed by atoms with E-state index in [1.54, 1.807) is 0 Å². The summed E-state index contributed by atoms with van der Waals surface area (Å²) in [6.07, 6.45) is 5.42. The predicted octanol–water partition coefficient (Wildman–Crippen LogP) is 5.62. The molecule has 2 aromatic carbocycles. The standard InChI is InChI=1S/C21H24N2O/c1-3-4-5-14-24-19-12-10-17(11-13-19)20-15-22-21(23-20)18-8-6-16(2)7-9-18/h6-13,15H,3-5,14H2,1-2H3,(H,22,23). The molecule has 3 aromatic rings. The highest BCUT2D eigenvalue weighted by Crippen LogP contribution is 2.24. The van der Waals surface area contributed by atoms with Crippen LogP contribution >= 0.6 is 0 Å². The molecule has 0 saturated heterocycles. The van der Waals surface area contributed by atoms with E-state index in [1.807, 2.05) is 18.3 Å². The maximum atomic E-state index is 5.76. The van der Waals surface area contributed by atoms with Crippen molar-refractivity contribution in [1.29, 1.82) is 0 Å². The smallest absolute Gasteiger partial charge is 0.137 e. The number of ether oxygens (including phenoxy) is 1. The molecule has 3 nitrogen and oxygen atoms in total. The van der Waals surface area contributed by atoms with Gasteiger partial charge in [-0.25, -0.2) is 4.98 Å². The third-order valence-corrected chi connectivity index (χ3v) is 4.08.